The molecule has 0 radical (unpaired) electrons. The zero-order valence-electron chi connectivity index (χ0n) is 16.3. The summed E-state index contributed by atoms with van der Waals surface area (Å²) >= 11 is 6.31. The summed E-state index contributed by atoms with van der Waals surface area (Å²) in [6, 6.07) is 8.67. The molecular weight excluding hydrogens is 433 g/mol. The molecule has 4 rings (SSSR count). The van der Waals surface area contributed by atoms with Gasteiger partial charge in [-0.25, -0.2) is 0 Å². The van der Waals surface area contributed by atoms with Crippen LogP contribution in [0.3, 0.4) is 0 Å². The predicted octanol–water partition coefficient (Wildman–Crippen LogP) is 3.90. The normalized spacial score (nSPS) is 17.0. The van der Waals surface area contributed by atoms with Gasteiger partial charge in [-0.15, -0.1) is 5.10 Å². The Labute approximate surface area is 181 Å². The number of alkyl halides is 3. The topological polar surface area (TPSA) is 104 Å². The van der Waals surface area contributed by atoms with Crippen molar-refractivity contribution < 1.29 is 17.9 Å². The van der Waals surface area contributed by atoms with Crippen LogP contribution in [0.25, 0.3) is 16.8 Å². The molecule has 1 atom stereocenters. The summed E-state index contributed by atoms with van der Waals surface area (Å²) in [7, 11) is 0. The Morgan fingerprint density at radius 2 is 1.90 bits per heavy atom. The summed E-state index contributed by atoms with van der Waals surface area (Å²) in [5.74, 6) is 0.285. The van der Waals surface area contributed by atoms with Crippen molar-refractivity contribution in [3.8, 4) is 22.6 Å². The maximum Gasteiger partial charge on any atom is 0.417 e. The van der Waals surface area contributed by atoms with E-state index in [-0.39, 0.29) is 34.3 Å². The molecule has 5 N–H and O–H groups in total. The number of anilines is 2. The molecule has 0 aliphatic carbocycles. The zero-order chi connectivity index (χ0) is 22.2. The lowest BCUT2D eigenvalue weighted by Crippen LogP contribution is -2.37. The molecule has 1 saturated heterocycles. The number of nitrogens with two attached hydrogens (primary N) is 2. The van der Waals surface area contributed by atoms with Crippen LogP contribution in [0.4, 0.5) is 25.1 Å². The van der Waals surface area contributed by atoms with Gasteiger partial charge < -0.3 is 21.5 Å². The summed E-state index contributed by atoms with van der Waals surface area (Å²) in [6.45, 7) is 1.70. The van der Waals surface area contributed by atoms with Crippen LogP contribution in [-0.4, -0.2) is 34.0 Å². The predicted molar refractivity (Wildman–Crippen MR) is 112 cm³/mol. The molecule has 1 aliphatic rings. The van der Waals surface area contributed by atoms with Gasteiger partial charge in [0.05, 0.1) is 16.3 Å². The second-order valence-corrected chi connectivity index (χ2v) is 7.61. The van der Waals surface area contributed by atoms with Crippen LogP contribution in [0.1, 0.15) is 18.4 Å². The van der Waals surface area contributed by atoms with Gasteiger partial charge in [0, 0.05) is 12.1 Å². The van der Waals surface area contributed by atoms with E-state index < -0.39 is 11.7 Å². The monoisotopic (exact) mass is 452 g/mol. The van der Waals surface area contributed by atoms with Crippen molar-refractivity contribution in [3.63, 3.8) is 0 Å². The molecule has 7 nitrogen and oxygen atoms in total. The van der Waals surface area contributed by atoms with E-state index in [0.29, 0.717) is 11.3 Å². The van der Waals surface area contributed by atoms with E-state index in [0.717, 1.165) is 36.7 Å². The van der Waals surface area contributed by atoms with Crippen molar-refractivity contribution in [1.82, 2.24) is 20.1 Å². The molecule has 3 aromatic rings. The van der Waals surface area contributed by atoms with Gasteiger partial charge in [-0.05, 0) is 49.2 Å². The van der Waals surface area contributed by atoms with Crippen molar-refractivity contribution in [2.75, 3.05) is 24.6 Å². The molecular formula is C20H20ClF3N6O. The van der Waals surface area contributed by atoms with Gasteiger partial charge >= 0.3 is 6.18 Å². The number of hydrogen-bond acceptors (Lipinski definition) is 6. The minimum Gasteiger partial charge on any atom is -0.489 e. The lowest BCUT2D eigenvalue weighted by molar-refractivity contribution is -0.137. The number of nitrogens with zero attached hydrogens (tertiary/aromatic N) is 3. The summed E-state index contributed by atoms with van der Waals surface area (Å²) in [6.07, 6.45) is -2.69. The van der Waals surface area contributed by atoms with Crippen LogP contribution in [0.15, 0.2) is 36.4 Å². The minimum atomic E-state index is -4.67. The molecule has 0 spiro atoms. The first kappa shape index (κ1) is 21.3. The summed E-state index contributed by atoms with van der Waals surface area (Å²) in [5.41, 5.74) is 10.4. The third kappa shape index (κ3) is 4.54. The third-order valence-electron chi connectivity index (χ3n) is 4.97. The van der Waals surface area contributed by atoms with Gasteiger partial charge in [0.25, 0.3) is 0 Å². The van der Waals surface area contributed by atoms with E-state index in [1.54, 1.807) is 24.3 Å². The molecule has 1 aromatic heterocycles. The number of halogens is 4. The number of piperidine rings is 1. The van der Waals surface area contributed by atoms with Crippen molar-refractivity contribution in [2.24, 2.45) is 0 Å². The van der Waals surface area contributed by atoms with E-state index in [2.05, 4.69) is 15.4 Å². The van der Waals surface area contributed by atoms with Crippen molar-refractivity contribution in [1.29, 1.82) is 0 Å². The number of nitrogen functional groups attached to an aromatic ring is 2. The van der Waals surface area contributed by atoms with E-state index in [9.17, 15) is 13.2 Å². The molecule has 11 heteroatoms. The molecule has 2 heterocycles. The summed E-state index contributed by atoms with van der Waals surface area (Å²) in [5, 5.41) is 6.97. The van der Waals surface area contributed by atoms with E-state index in [4.69, 9.17) is 27.8 Å². The average Bonchev–Trinajstić information content (AvgIpc) is 3.06. The average molecular weight is 453 g/mol. The highest BCUT2D eigenvalue weighted by Gasteiger charge is 2.36. The number of nitrogens with one attached hydrogen (secondary N) is 1. The van der Waals surface area contributed by atoms with Crippen LogP contribution in [0.5, 0.6) is 5.75 Å². The van der Waals surface area contributed by atoms with E-state index >= 15 is 0 Å². The van der Waals surface area contributed by atoms with Gasteiger partial charge in [0.15, 0.2) is 0 Å². The number of ether oxygens (including phenoxy) is 1. The Hall–Kier alpha value is -2.98. The maximum atomic E-state index is 13.9. The van der Waals surface area contributed by atoms with Gasteiger partial charge in [-0.1, -0.05) is 23.7 Å². The highest BCUT2D eigenvalue weighted by Crippen LogP contribution is 2.43. The lowest BCUT2D eigenvalue weighted by Gasteiger charge is -2.24. The standard InChI is InChI=1S/C20H20ClF3N6O/c21-16-9-12(30-19(26)28-18(25)29-30)8-15(20(22,23)24)17(16)11-3-5-13(6-4-11)31-14-2-1-7-27-10-14/h3-6,8-9,14,27H,1-2,7,10H2,(H4,25,26,28,29). The van der Waals surface area contributed by atoms with E-state index in [1.165, 1.54) is 6.07 Å². The minimum absolute atomic E-state index is 0.00697. The Morgan fingerprint density at radius 3 is 2.48 bits per heavy atom. The first-order valence-corrected chi connectivity index (χ1v) is 9.97. The van der Waals surface area contributed by atoms with Crippen LogP contribution in [-0.2, 0) is 6.18 Å². The van der Waals surface area contributed by atoms with Crippen LogP contribution in [0.2, 0.25) is 5.02 Å². The molecule has 0 saturated carbocycles. The SMILES string of the molecule is Nc1nc(N)n(-c2cc(Cl)c(-c3ccc(OC4CCCNC4)cc3)c(C(F)(F)F)c2)n1. The first-order chi connectivity index (χ1) is 14.7. The number of hydrogen-bond donors (Lipinski definition) is 3. The van der Waals surface area contributed by atoms with Crippen molar-refractivity contribution in [3.05, 3.63) is 47.0 Å². The molecule has 1 fully saturated rings. The Bertz CT molecular complexity index is 1080. The number of benzene rings is 2. The fraction of sp³-hybridized carbons (Fsp3) is 0.300. The second kappa shape index (κ2) is 8.27. The van der Waals surface area contributed by atoms with Crippen molar-refractivity contribution >= 4 is 23.5 Å². The highest BCUT2D eigenvalue weighted by molar-refractivity contribution is 6.33. The molecule has 2 aromatic carbocycles. The zero-order valence-corrected chi connectivity index (χ0v) is 17.0. The molecule has 0 bridgehead atoms. The highest BCUT2D eigenvalue weighted by atomic mass is 35.5. The smallest absolute Gasteiger partial charge is 0.417 e. The van der Waals surface area contributed by atoms with Crippen LogP contribution >= 0.6 is 11.6 Å². The van der Waals surface area contributed by atoms with Gasteiger partial charge in [-0.3, -0.25) is 0 Å². The Kier molecular flexibility index (Phi) is 5.67. The molecule has 1 unspecified atom stereocenters. The fourth-order valence-electron chi connectivity index (χ4n) is 3.58. The van der Waals surface area contributed by atoms with Crippen LogP contribution in [0, 0.1) is 0 Å². The number of aromatic nitrogens is 3. The summed E-state index contributed by atoms with van der Waals surface area (Å²) < 4.78 is 48.7. The Balaban J connectivity index is 1.71. The lowest BCUT2D eigenvalue weighted by atomic mass is 9.98. The third-order valence-corrected chi connectivity index (χ3v) is 5.27. The Morgan fingerprint density at radius 1 is 1.16 bits per heavy atom. The van der Waals surface area contributed by atoms with Gasteiger partial charge in [-0.2, -0.15) is 22.8 Å². The largest absolute Gasteiger partial charge is 0.489 e. The quantitative estimate of drug-likeness (QED) is 0.554. The van der Waals surface area contributed by atoms with Crippen LogP contribution < -0.4 is 21.5 Å². The van der Waals surface area contributed by atoms with E-state index in [1.807, 2.05) is 0 Å². The van der Waals surface area contributed by atoms with Crippen molar-refractivity contribution in [2.45, 2.75) is 25.1 Å². The molecule has 164 valence electrons. The fourth-order valence-corrected chi connectivity index (χ4v) is 3.90. The molecule has 31 heavy (non-hydrogen) atoms. The second-order valence-electron chi connectivity index (χ2n) is 7.20. The number of rotatable bonds is 4. The first-order valence-electron chi connectivity index (χ1n) is 9.59. The maximum absolute atomic E-state index is 13.9. The van der Waals surface area contributed by atoms with Gasteiger partial charge in [0.2, 0.25) is 11.9 Å². The molecule has 1 aliphatic heterocycles. The summed E-state index contributed by atoms with van der Waals surface area (Å²) in [4.78, 5) is 3.71. The van der Waals surface area contributed by atoms with Gasteiger partial charge in [0.1, 0.15) is 11.9 Å². The molecule has 0 amide bonds.